The number of morpholine rings is 1. The summed E-state index contributed by atoms with van der Waals surface area (Å²) in [5.41, 5.74) is 0.456. The molecule has 152 valence electrons. The van der Waals surface area contributed by atoms with Gasteiger partial charge in [-0.1, -0.05) is 13.8 Å². The van der Waals surface area contributed by atoms with E-state index in [1.54, 1.807) is 26.0 Å². The summed E-state index contributed by atoms with van der Waals surface area (Å²) in [6.45, 7) is 11.6. The summed E-state index contributed by atoms with van der Waals surface area (Å²) >= 11 is 0. The molecule has 0 aliphatic carbocycles. The largest absolute Gasteiger partial charge is 0.373 e. The second-order valence-electron chi connectivity index (χ2n) is 6.89. The van der Waals surface area contributed by atoms with Crippen molar-refractivity contribution in [2.45, 2.75) is 44.8 Å². The first kappa shape index (κ1) is 21.8. The molecule has 1 aliphatic rings. The Balaban J connectivity index is 1.90. The van der Waals surface area contributed by atoms with E-state index in [1.807, 2.05) is 0 Å². The molecule has 2 rings (SSSR count). The van der Waals surface area contributed by atoms with Gasteiger partial charge >= 0.3 is 0 Å². The average Bonchev–Trinajstić information content (AvgIpc) is 2.61. The number of benzene rings is 1. The summed E-state index contributed by atoms with van der Waals surface area (Å²) in [7, 11) is -3.50. The van der Waals surface area contributed by atoms with Crippen LogP contribution < -0.4 is 5.32 Å². The Morgan fingerprint density at radius 3 is 2.22 bits per heavy atom. The maximum atomic E-state index is 12.5. The van der Waals surface area contributed by atoms with Crippen LogP contribution in [0.4, 0.5) is 0 Å². The van der Waals surface area contributed by atoms with E-state index in [1.165, 1.54) is 16.4 Å². The quantitative estimate of drug-likeness (QED) is 0.720. The van der Waals surface area contributed by atoms with Crippen molar-refractivity contribution >= 4 is 15.9 Å². The van der Waals surface area contributed by atoms with Gasteiger partial charge in [0.1, 0.15) is 0 Å². The highest BCUT2D eigenvalue weighted by molar-refractivity contribution is 7.89. The molecule has 0 saturated carbocycles. The predicted molar refractivity (Wildman–Crippen MR) is 105 cm³/mol. The number of rotatable bonds is 8. The van der Waals surface area contributed by atoms with Crippen LogP contribution >= 0.6 is 0 Å². The fourth-order valence-electron chi connectivity index (χ4n) is 3.39. The molecule has 0 bridgehead atoms. The molecule has 0 aromatic heterocycles. The van der Waals surface area contributed by atoms with Crippen molar-refractivity contribution in [2.24, 2.45) is 0 Å². The number of hydrogen-bond acceptors (Lipinski definition) is 5. The Hall–Kier alpha value is -1.48. The number of nitrogens with one attached hydrogen (secondary N) is 1. The average molecular weight is 398 g/mol. The minimum Gasteiger partial charge on any atom is -0.373 e. The molecule has 7 nitrogen and oxygen atoms in total. The van der Waals surface area contributed by atoms with Crippen molar-refractivity contribution in [3.8, 4) is 0 Å². The Labute approximate surface area is 162 Å². The van der Waals surface area contributed by atoms with Gasteiger partial charge in [-0.3, -0.25) is 9.69 Å². The third-order valence-electron chi connectivity index (χ3n) is 4.67. The van der Waals surface area contributed by atoms with Crippen molar-refractivity contribution < 1.29 is 17.9 Å². The molecule has 1 aromatic carbocycles. The molecule has 0 spiro atoms. The topological polar surface area (TPSA) is 79.0 Å². The molecule has 1 fully saturated rings. The van der Waals surface area contributed by atoms with Crippen molar-refractivity contribution in [1.82, 2.24) is 14.5 Å². The molecule has 8 heteroatoms. The van der Waals surface area contributed by atoms with Crippen molar-refractivity contribution in [3.05, 3.63) is 29.8 Å². The maximum Gasteiger partial charge on any atom is 0.251 e. The lowest BCUT2D eigenvalue weighted by atomic mass is 10.2. The first-order chi connectivity index (χ1) is 12.8. The number of hydrogen-bond donors (Lipinski definition) is 1. The fraction of sp³-hybridized carbons (Fsp3) is 0.632. The first-order valence-corrected chi connectivity index (χ1v) is 11.0. The molecule has 1 heterocycles. The smallest absolute Gasteiger partial charge is 0.251 e. The zero-order chi connectivity index (χ0) is 20.0. The highest BCUT2D eigenvalue weighted by atomic mass is 32.2. The lowest BCUT2D eigenvalue weighted by Gasteiger charge is -2.35. The van der Waals surface area contributed by atoms with E-state index >= 15 is 0 Å². The van der Waals surface area contributed by atoms with Gasteiger partial charge in [0, 0.05) is 44.8 Å². The SMILES string of the molecule is CCN(CC)S(=O)(=O)c1ccc(C(=O)NCCN2C[C@@H](C)O[C@@H](C)C2)cc1. The molecular weight excluding hydrogens is 366 g/mol. The van der Waals surface area contributed by atoms with Crippen LogP contribution in [0, 0.1) is 0 Å². The van der Waals surface area contributed by atoms with Crippen LogP contribution in [0.15, 0.2) is 29.2 Å². The van der Waals surface area contributed by atoms with Gasteiger partial charge in [0.15, 0.2) is 0 Å². The number of amides is 1. The molecule has 0 radical (unpaired) electrons. The number of carbonyl (C=O) groups excluding carboxylic acids is 1. The maximum absolute atomic E-state index is 12.5. The monoisotopic (exact) mass is 397 g/mol. The lowest BCUT2D eigenvalue weighted by Crippen LogP contribution is -2.47. The van der Waals surface area contributed by atoms with Crippen LogP contribution in [-0.4, -0.2) is 75.0 Å². The number of carbonyl (C=O) groups is 1. The molecule has 2 atom stereocenters. The summed E-state index contributed by atoms with van der Waals surface area (Å²) in [5.74, 6) is -0.198. The van der Waals surface area contributed by atoms with Crippen LogP contribution in [0.1, 0.15) is 38.1 Å². The van der Waals surface area contributed by atoms with Gasteiger partial charge in [-0.25, -0.2) is 8.42 Å². The zero-order valence-electron chi connectivity index (χ0n) is 16.6. The van der Waals surface area contributed by atoms with Gasteiger partial charge in [-0.2, -0.15) is 4.31 Å². The fourth-order valence-corrected chi connectivity index (χ4v) is 4.85. The van der Waals surface area contributed by atoms with Crippen molar-refractivity contribution in [1.29, 1.82) is 0 Å². The van der Waals surface area contributed by atoms with E-state index in [9.17, 15) is 13.2 Å². The van der Waals surface area contributed by atoms with Gasteiger partial charge in [-0.15, -0.1) is 0 Å². The summed E-state index contributed by atoms with van der Waals surface area (Å²) in [6.07, 6.45) is 0.398. The van der Waals surface area contributed by atoms with E-state index in [0.717, 1.165) is 19.6 Å². The van der Waals surface area contributed by atoms with Gasteiger partial charge in [0.25, 0.3) is 5.91 Å². The summed E-state index contributed by atoms with van der Waals surface area (Å²) < 4.78 is 32.1. The number of sulfonamides is 1. The van der Waals surface area contributed by atoms with Crippen LogP contribution in [0.5, 0.6) is 0 Å². The van der Waals surface area contributed by atoms with Gasteiger partial charge in [0.2, 0.25) is 10.0 Å². The van der Waals surface area contributed by atoms with E-state index in [4.69, 9.17) is 4.74 Å². The third-order valence-corrected chi connectivity index (χ3v) is 6.73. The van der Waals surface area contributed by atoms with E-state index < -0.39 is 10.0 Å². The predicted octanol–water partition coefficient (Wildman–Crippen LogP) is 1.56. The minimum atomic E-state index is -3.50. The second kappa shape index (κ2) is 9.64. The highest BCUT2D eigenvalue weighted by Gasteiger charge is 2.23. The normalized spacial score (nSPS) is 21.4. The zero-order valence-corrected chi connectivity index (χ0v) is 17.5. The third kappa shape index (κ3) is 5.75. The Bertz CT molecular complexity index is 707. The molecule has 1 amide bonds. The second-order valence-corrected chi connectivity index (χ2v) is 8.82. The molecule has 1 aromatic rings. The Morgan fingerprint density at radius 1 is 1.15 bits per heavy atom. The molecule has 1 saturated heterocycles. The number of ether oxygens (including phenoxy) is 1. The molecular formula is C19H31N3O4S. The van der Waals surface area contributed by atoms with E-state index in [-0.39, 0.29) is 23.0 Å². The Morgan fingerprint density at radius 2 is 1.70 bits per heavy atom. The van der Waals surface area contributed by atoms with Gasteiger partial charge < -0.3 is 10.1 Å². The van der Waals surface area contributed by atoms with Gasteiger partial charge in [0.05, 0.1) is 17.1 Å². The van der Waals surface area contributed by atoms with Crippen LogP contribution in [0.3, 0.4) is 0 Å². The molecule has 1 aliphatic heterocycles. The summed E-state index contributed by atoms with van der Waals surface area (Å²) in [6, 6.07) is 6.11. The van der Waals surface area contributed by atoms with E-state index in [0.29, 0.717) is 25.2 Å². The van der Waals surface area contributed by atoms with Gasteiger partial charge in [-0.05, 0) is 38.1 Å². The molecule has 0 unspecified atom stereocenters. The van der Waals surface area contributed by atoms with Crippen molar-refractivity contribution in [2.75, 3.05) is 39.3 Å². The first-order valence-electron chi connectivity index (χ1n) is 9.54. The molecule has 1 N–H and O–H groups in total. The minimum absolute atomic E-state index is 0.198. The van der Waals surface area contributed by atoms with Crippen LogP contribution in [0.2, 0.25) is 0 Å². The standard InChI is InChI=1S/C19H31N3O4S/c1-5-22(6-2)27(24,25)18-9-7-17(8-10-18)19(23)20-11-12-21-13-15(3)26-16(4)14-21/h7-10,15-16H,5-6,11-14H2,1-4H3,(H,20,23)/t15-,16+. The van der Waals surface area contributed by atoms with Crippen LogP contribution in [-0.2, 0) is 14.8 Å². The Kier molecular flexibility index (Phi) is 7.79. The molecule has 27 heavy (non-hydrogen) atoms. The lowest BCUT2D eigenvalue weighted by molar-refractivity contribution is -0.0672. The van der Waals surface area contributed by atoms with Crippen molar-refractivity contribution in [3.63, 3.8) is 0 Å². The summed E-state index contributed by atoms with van der Waals surface area (Å²) in [5, 5.41) is 2.90. The summed E-state index contributed by atoms with van der Waals surface area (Å²) in [4.78, 5) is 14.8. The van der Waals surface area contributed by atoms with E-state index in [2.05, 4.69) is 24.1 Å². The number of nitrogens with zero attached hydrogens (tertiary/aromatic N) is 2. The highest BCUT2D eigenvalue weighted by Crippen LogP contribution is 2.16. The van der Waals surface area contributed by atoms with Crippen LogP contribution in [0.25, 0.3) is 0 Å².